The van der Waals surface area contributed by atoms with Gasteiger partial charge in [-0.25, -0.2) is 0 Å². The van der Waals surface area contributed by atoms with Gasteiger partial charge in [0.2, 0.25) is 0 Å². The molecule has 3 atom stereocenters. The number of nitrogens with one attached hydrogen (secondary N) is 1. The molecule has 3 heteroatoms. The van der Waals surface area contributed by atoms with Crippen molar-refractivity contribution in [2.24, 2.45) is 5.92 Å². The summed E-state index contributed by atoms with van der Waals surface area (Å²) >= 11 is 0. The molecule has 1 heterocycles. The Morgan fingerprint density at radius 3 is 2.80 bits per heavy atom. The summed E-state index contributed by atoms with van der Waals surface area (Å²) in [4.78, 5) is 2.53. The van der Waals surface area contributed by atoms with Gasteiger partial charge < -0.3 is 10.4 Å². The first-order valence-corrected chi connectivity index (χ1v) is 6.38. The predicted octanol–water partition coefficient (Wildman–Crippen LogP) is 0.831. The third-order valence-electron chi connectivity index (χ3n) is 3.96. The van der Waals surface area contributed by atoms with Crippen molar-refractivity contribution < 1.29 is 5.11 Å². The zero-order chi connectivity index (χ0) is 10.7. The van der Waals surface area contributed by atoms with E-state index in [9.17, 15) is 5.11 Å². The van der Waals surface area contributed by atoms with Crippen LogP contribution in [-0.4, -0.2) is 48.8 Å². The van der Waals surface area contributed by atoms with Crippen LogP contribution in [0.15, 0.2) is 0 Å². The maximum atomic E-state index is 9.90. The molecule has 2 N–H and O–H groups in total. The normalized spacial score (nSPS) is 38.4. The molecule has 0 aromatic rings. The molecule has 0 aromatic heterocycles. The second-order valence-corrected chi connectivity index (χ2v) is 5.13. The van der Waals surface area contributed by atoms with Crippen molar-refractivity contribution >= 4 is 0 Å². The van der Waals surface area contributed by atoms with Crippen molar-refractivity contribution in [2.45, 2.75) is 44.2 Å². The van der Waals surface area contributed by atoms with E-state index in [0.717, 1.165) is 18.9 Å². The van der Waals surface area contributed by atoms with Crippen LogP contribution < -0.4 is 5.32 Å². The average molecular weight is 212 g/mol. The van der Waals surface area contributed by atoms with Crippen molar-refractivity contribution in [3.63, 3.8) is 0 Å². The lowest BCUT2D eigenvalue weighted by Gasteiger charge is -2.38. The standard InChI is InChI=1S/C12H24N2O/c1-13-8-10-4-3-7-14(9-10)11-5-2-6-12(11)15/h10-13,15H,2-9H2,1H3. The molecule has 1 aliphatic heterocycles. The third kappa shape index (κ3) is 2.71. The van der Waals surface area contributed by atoms with Crippen LogP contribution in [0.25, 0.3) is 0 Å². The Bertz CT molecular complexity index is 196. The van der Waals surface area contributed by atoms with Gasteiger partial charge in [-0.15, -0.1) is 0 Å². The minimum Gasteiger partial charge on any atom is -0.391 e. The molecule has 0 bridgehead atoms. The maximum absolute atomic E-state index is 9.90. The number of piperidine rings is 1. The van der Waals surface area contributed by atoms with Crippen molar-refractivity contribution in [1.29, 1.82) is 0 Å². The van der Waals surface area contributed by atoms with Gasteiger partial charge >= 0.3 is 0 Å². The fraction of sp³-hybridized carbons (Fsp3) is 1.00. The monoisotopic (exact) mass is 212 g/mol. The molecular weight excluding hydrogens is 188 g/mol. The van der Waals surface area contributed by atoms with E-state index in [0.29, 0.717) is 6.04 Å². The molecule has 15 heavy (non-hydrogen) atoms. The zero-order valence-corrected chi connectivity index (χ0v) is 9.78. The van der Waals surface area contributed by atoms with E-state index in [2.05, 4.69) is 10.2 Å². The van der Waals surface area contributed by atoms with E-state index < -0.39 is 0 Å². The van der Waals surface area contributed by atoms with Crippen LogP contribution in [0.4, 0.5) is 0 Å². The lowest BCUT2D eigenvalue weighted by atomic mass is 9.96. The van der Waals surface area contributed by atoms with Gasteiger partial charge in [-0.1, -0.05) is 0 Å². The largest absolute Gasteiger partial charge is 0.391 e. The van der Waals surface area contributed by atoms with Crippen LogP contribution in [0.5, 0.6) is 0 Å². The lowest BCUT2D eigenvalue weighted by Crippen LogP contribution is -2.47. The summed E-state index contributed by atoms with van der Waals surface area (Å²) in [5, 5.41) is 13.2. The SMILES string of the molecule is CNCC1CCCN(C2CCCC2O)C1. The molecule has 0 radical (unpaired) electrons. The topological polar surface area (TPSA) is 35.5 Å². The van der Waals surface area contributed by atoms with Crippen molar-refractivity contribution in [1.82, 2.24) is 10.2 Å². The van der Waals surface area contributed by atoms with Crippen LogP contribution >= 0.6 is 0 Å². The highest BCUT2D eigenvalue weighted by molar-refractivity contribution is 4.88. The molecule has 2 fully saturated rings. The van der Waals surface area contributed by atoms with Gasteiger partial charge in [0.1, 0.15) is 0 Å². The van der Waals surface area contributed by atoms with Crippen molar-refractivity contribution in [2.75, 3.05) is 26.7 Å². The summed E-state index contributed by atoms with van der Waals surface area (Å²) in [7, 11) is 2.03. The summed E-state index contributed by atoms with van der Waals surface area (Å²) < 4.78 is 0. The highest BCUT2D eigenvalue weighted by Gasteiger charge is 2.33. The van der Waals surface area contributed by atoms with Crippen molar-refractivity contribution in [3.05, 3.63) is 0 Å². The van der Waals surface area contributed by atoms with E-state index in [4.69, 9.17) is 0 Å². The van der Waals surface area contributed by atoms with E-state index >= 15 is 0 Å². The molecule has 88 valence electrons. The number of hydrogen-bond donors (Lipinski definition) is 2. The molecule has 1 saturated heterocycles. The number of nitrogens with zero attached hydrogens (tertiary/aromatic N) is 1. The first-order chi connectivity index (χ1) is 7.31. The van der Waals surface area contributed by atoms with Crippen LogP contribution in [0.2, 0.25) is 0 Å². The van der Waals surface area contributed by atoms with Gasteiger partial charge in [0.05, 0.1) is 6.10 Å². The first kappa shape index (κ1) is 11.4. The third-order valence-corrected chi connectivity index (χ3v) is 3.96. The van der Waals surface area contributed by atoms with Crippen LogP contribution in [-0.2, 0) is 0 Å². The molecule has 0 aromatic carbocycles. The quantitative estimate of drug-likeness (QED) is 0.727. The second-order valence-electron chi connectivity index (χ2n) is 5.13. The summed E-state index contributed by atoms with van der Waals surface area (Å²) in [6.07, 6.45) is 6.01. The lowest BCUT2D eigenvalue weighted by molar-refractivity contribution is 0.0435. The molecular formula is C12H24N2O. The van der Waals surface area contributed by atoms with Gasteiger partial charge in [0.15, 0.2) is 0 Å². The number of aliphatic hydroxyl groups excluding tert-OH is 1. The Morgan fingerprint density at radius 1 is 1.27 bits per heavy atom. The second kappa shape index (κ2) is 5.28. The molecule has 1 saturated carbocycles. The minimum absolute atomic E-state index is 0.0571. The molecule has 3 unspecified atom stereocenters. The molecule has 1 aliphatic carbocycles. The fourth-order valence-electron chi connectivity index (χ4n) is 3.20. The average Bonchev–Trinajstić information content (AvgIpc) is 2.65. The minimum atomic E-state index is -0.0571. The van der Waals surface area contributed by atoms with Crippen molar-refractivity contribution in [3.8, 4) is 0 Å². The maximum Gasteiger partial charge on any atom is 0.0695 e. The van der Waals surface area contributed by atoms with E-state index in [1.807, 2.05) is 7.05 Å². The van der Waals surface area contributed by atoms with E-state index in [1.165, 1.54) is 38.8 Å². The smallest absolute Gasteiger partial charge is 0.0695 e. The highest BCUT2D eigenvalue weighted by atomic mass is 16.3. The summed E-state index contributed by atoms with van der Waals surface area (Å²) in [5.74, 6) is 0.788. The highest BCUT2D eigenvalue weighted by Crippen LogP contribution is 2.28. The molecule has 2 rings (SSSR count). The molecule has 0 amide bonds. The molecule has 3 nitrogen and oxygen atoms in total. The van der Waals surface area contributed by atoms with Gasteiger partial charge in [-0.2, -0.15) is 0 Å². The number of rotatable bonds is 3. The van der Waals surface area contributed by atoms with Gasteiger partial charge in [0, 0.05) is 12.6 Å². The number of aliphatic hydroxyl groups is 1. The van der Waals surface area contributed by atoms with Gasteiger partial charge in [-0.05, 0) is 58.2 Å². The molecule has 2 aliphatic rings. The van der Waals surface area contributed by atoms with E-state index in [1.54, 1.807) is 0 Å². The van der Waals surface area contributed by atoms with Gasteiger partial charge in [0.25, 0.3) is 0 Å². The summed E-state index contributed by atoms with van der Waals surface area (Å²) in [5.41, 5.74) is 0. The fourth-order valence-corrected chi connectivity index (χ4v) is 3.20. The van der Waals surface area contributed by atoms with Gasteiger partial charge in [-0.3, -0.25) is 4.90 Å². The van der Waals surface area contributed by atoms with Crippen LogP contribution in [0.1, 0.15) is 32.1 Å². The Hall–Kier alpha value is -0.120. The molecule has 0 spiro atoms. The van der Waals surface area contributed by atoms with E-state index in [-0.39, 0.29) is 6.10 Å². The summed E-state index contributed by atoms with van der Waals surface area (Å²) in [6.45, 7) is 3.50. The summed E-state index contributed by atoms with van der Waals surface area (Å²) in [6, 6.07) is 0.463. The van der Waals surface area contributed by atoms with Crippen LogP contribution in [0.3, 0.4) is 0 Å². The number of likely N-dealkylation sites (tertiary alicyclic amines) is 1. The number of hydrogen-bond acceptors (Lipinski definition) is 3. The predicted molar refractivity (Wildman–Crippen MR) is 61.9 cm³/mol. The van der Waals surface area contributed by atoms with Crippen LogP contribution in [0, 0.1) is 5.92 Å². The first-order valence-electron chi connectivity index (χ1n) is 6.38. The Kier molecular flexibility index (Phi) is 4.00. The Morgan fingerprint density at radius 2 is 2.13 bits per heavy atom. The zero-order valence-electron chi connectivity index (χ0n) is 9.78. The Balaban J connectivity index is 1.86. The Labute approximate surface area is 92.8 Å².